The molecule has 0 radical (unpaired) electrons. The third-order valence-corrected chi connectivity index (χ3v) is 5.35. The molecule has 1 atom stereocenters. The lowest BCUT2D eigenvalue weighted by Gasteiger charge is -2.34. The third-order valence-electron chi connectivity index (χ3n) is 5.35. The topological polar surface area (TPSA) is 88.9 Å². The van der Waals surface area contributed by atoms with Gasteiger partial charge in [0, 0.05) is 18.7 Å². The molecule has 4 rings (SSSR count). The van der Waals surface area contributed by atoms with E-state index in [9.17, 15) is 27.6 Å². The van der Waals surface area contributed by atoms with Crippen LogP contribution in [-0.4, -0.2) is 35.3 Å². The molecule has 1 N–H and O–H groups in total. The number of esters is 1. The van der Waals surface area contributed by atoms with Crippen LogP contribution in [0.2, 0.25) is 0 Å². The Kier molecular flexibility index (Phi) is 6.40. The number of amides is 2. The number of halogens is 3. The van der Waals surface area contributed by atoms with Crippen LogP contribution in [0.25, 0.3) is 0 Å². The van der Waals surface area contributed by atoms with Gasteiger partial charge in [0.2, 0.25) is 0 Å². The van der Waals surface area contributed by atoms with Gasteiger partial charge in [-0.1, -0.05) is 24.3 Å². The predicted molar refractivity (Wildman–Crippen MR) is 114 cm³/mol. The normalized spacial score (nSPS) is 15.4. The van der Waals surface area contributed by atoms with Crippen molar-refractivity contribution in [1.82, 2.24) is 4.90 Å². The minimum atomic E-state index is -4.49. The lowest BCUT2D eigenvalue weighted by atomic mass is 9.93. The van der Waals surface area contributed by atoms with Gasteiger partial charge in [0.25, 0.3) is 11.8 Å². The van der Waals surface area contributed by atoms with Crippen LogP contribution in [0.3, 0.4) is 0 Å². The van der Waals surface area contributed by atoms with Gasteiger partial charge >= 0.3 is 12.1 Å². The molecule has 2 aromatic carbocycles. The van der Waals surface area contributed by atoms with E-state index < -0.39 is 42.2 Å². The zero-order valence-corrected chi connectivity index (χ0v) is 17.7. The SMILES string of the molecule is O=C(COC(=O)C1Cc2ccccc2CN1C(=O)c1ccco1)Nc1ccc(C(F)(F)F)cc1. The summed E-state index contributed by atoms with van der Waals surface area (Å²) in [4.78, 5) is 39.3. The standard InChI is InChI=1S/C24H19F3N2O5/c25-24(26,27)17-7-9-18(10-8-17)28-21(30)14-34-23(32)19-12-15-4-1-2-5-16(15)13-29(19)22(31)20-6-3-11-33-20/h1-11,19H,12-14H2,(H,28,30). The number of anilines is 1. The fourth-order valence-corrected chi connectivity index (χ4v) is 3.66. The average molecular weight is 472 g/mol. The number of rotatable bonds is 5. The number of fused-ring (bicyclic) bond motifs is 1. The number of hydrogen-bond donors (Lipinski definition) is 1. The predicted octanol–water partition coefficient (Wildman–Crippen LogP) is 4.05. The van der Waals surface area contributed by atoms with Crippen LogP contribution in [0, 0.1) is 0 Å². The summed E-state index contributed by atoms with van der Waals surface area (Å²) in [7, 11) is 0. The molecule has 1 aliphatic rings. The molecule has 1 aliphatic heterocycles. The molecule has 0 bridgehead atoms. The van der Waals surface area contributed by atoms with Gasteiger partial charge in [-0.05, 0) is 47.5 Å². The van der Waals surface area contributed by atoms with E-state index in [0.717, 1.165) is 35.4 Å². The molecule has 2 heterocycles. The van der Waals surface area contributed by atoms with Crippen molar-refractivity contribution < 1.29 is 36.7 Å². The molecule has 34 heavy (non-hydrogen) atoms. The molecule has 2 amide bonds. The molecule has 3 aromatic rings. The second-order valence-electron chi connectivity index (χ2n) is 7.63. The van der Waals surface area contributed by atoms with Crippen molar-refractivity contribution in [3.05, 3.63) is 89.4 Å². The maximum atomic E-state index is 12.9. The number of furan rings is 1. The summed E-state index contributed by atoms with van der Waals surface area (Å²) in [5, 5.41) is 2.37. The molecule has 10 heteroatoms. The molecule has 176 valence electrons. The Balaban J connectivity index is 1.42. The van der Waals surface area contributed by atoms with E-state index in [0.29, 0.717) is 0 Å². The molecule has 0 saturated heterocycles. The number of nitrogens with zero attached hydrogens (tertiary/aromatic N) is 1. The van der Waals surface area contributed by atoms with Gasteiger partial charge in [0.15, 0.2) is 12.4 Å². The second kappa shape index (κ2) is 9.42. The van der Waals surface area contributed by atoms with E-state index >= 15 is 0 Å². The van der Waals surface area contributed by atoms with Gasteiger partial charge < -0.3 is 19.4 Å². The number of ether oxygens (including phenoxy) is 1. The van der Waals surface area contributed by atoms with E-state index in [4.69, 9.17) is 9.15 Å². The molecular formula is C24H19F3N2O5. The number of benzene rings is 2. The fraction of sp³-hybridized carbons (Fsp3) is 0.208. The molecule has 7 nitrogen and oxygen atoms in total. The summed E-state index contributed by atoms with van der Waals surface area (Å²) >= 11 is 0. The summed E-state index contributed by atoms with van der Waals surface area (Å²) in [6, 6.07) is 13.3. The molecule has 1 aromatic heterocycles. The lowest BCUT2D eigenvalue weighted by Crippen LogP contribution is -2.49. The highest BCUT2D eigenvalue weighted by Crippen LogP contribution is 2.30. The van der Waals surface area contributed by atoms with Crippen LogP contribution in [-0.2, 0) is 33.5 Å². The first-order valence-corrected chi connectivity index (χ1v) is 10.3. The van der Waals surface area contributed by atoms with Crippen molar-refractivity contribution in [1.29, 1.82) is 0 Å². The van der Waals surface area contributed by atoms with Crippen LogP contribution in [0.15, 0.2) is 71.3 Å². The summed E-state index contributed by atoms with van der Waals surface area (Å²) in [5.41, 5.74) is 1.03. The van der Waals surface area contributed by atoms with Crippen LogP contribution in [0.4, 0.5) is 18.9 Å². The Morgan fingerprint density at radius 2 is 1.71 bits per heavy atom. The van der Waals surface area contributed by atoms with Crippen molar-refractivity contribution in [2.24, 2.45) is 0 Å². The first-order valence-electron chi connectivity index (χ1n) is 10.3. The summed E-state index contributed by atoms with van der Waals surface area (Å²) in [5.74, 6) is -1.93. The summed E-state index contributed by atoms with van der Waals surface area (Å²) in [6.07, 6.45) is -2.94. The number of carbonyl (C=O) groups is 3. The number of hydrogen-bond acceptors (Lipinski definition) is 5. The van der Waals surface area contributed by atoms with Gasteiger partial charge in [0.05, 0.1) is 11.8 Å². The highest BCUT2D eigenvalue weighted by atomic mass is 19.4. The first kappa shape index (κ1) is 23.1. The second-order valence-corrected chi connectivity index (χ2v) is 7.63. The highest BCUT2D eigenvalue weighted by molar-refractivity contribution is 5.96. The Morgan fingerprint density at radius 3 is 2.35 bits per heavy atom. The quantitative estimate of drug-likeness (QED) is 0.566. The number of alkyl halides is 3. The monoisotopic (exact) mass is 472 g/mol. The Bertz CT molecular complexity index is 1190. The summed E-state index contributed by atoms with van der Waals surface area (Å²) < 4.78 is 48.3. The van der Waals surface area contributed by atoms with Crippen LogP contribution >= 0.6 is 0 Å². The van der Waals surface area contributed by atoms with Crippen LogP contribution < -0.4 is 5.32 Å². The van der Waals surface area contributed by atoms with E-state index in [1.54, 1.807) is 6.07 Å². The van der Waals surface area contributed by atoms with Crippen LogP contribution in [0.5, 0.6) is 0 Å². The average Bonchev–Trinajstić information content (AvgIpc) is 3.36. The zero-order chi connectivity index (χ0) is 24.3. The van der Waals surface area contributed by atoms with Crippen LogP contribution in [0.1, 0.15) is 27.2 Å². The minimum Gasteiger partial charge on any atom is -0.459 e. The van der Waals surface area contributed by atoms with E-state index in [-0.39, 0.29) is 24.4 Å². The smallest absolute Gasteiger partial charge is 0.416 e. The van der Waals surface area contributed by atoms with Crippen molar-refractivity contribution in [2.75, 3.05) is 11.9 Å². The van der Waals surface area contributed by atoms with Crippen molar-refractivity contribution >= 4 is 23.5 Å². The molecule has 0 aliphatic carbocycles. The molecule has 0 fully saturated rings. The van der Waals surface area contributed by atoms with Crippen molar-refractivity contribution in [2.45, 2.75) is 25.2 Å². The molecule has 1 unspecified atom stereocenters. The number of carbonyl (C=O) groups excluding carboxylic acids is 3. The van der Waals surface area contributed by atoms with Gasteiger partial charge in [-0.3, -0.25) is 9.59 Å². The van der Waals surface area contributed by atoms with E-state index in [1.165, 1.54) is 17.2 Å². The number of nitrogens with one attached hydrogen (secondary N) is 1. The lowest BCUT2D eigenvalue weighted by molar-refractivity contribution is -0.152. The summed E-state index contributed by atoms with van der Waals surface area (Å²) in [6.45, 7) is -0.506. The third kappa shape index (κ3) is 5.11. The highest BCUT2D eigenvalue weighted by Gasteiger charge is 2.37. The largest absolute Gasteiger partial charge is 0.459 e. The zero-order valence-electron chi connectivity index (χ0n) is 17.7. The minimum absolute atomic E-state index is 0.0669. The Labute approximate surface area is 192 Å². The maximum absolute atomic E-state index is 12.9. The van der Waals surface area contributed by atoms with E-state index in [2.05, 4.69) is 5.32 Å². The fourth-order valence-electron chi connectivity index (χ4n) is 3.66. The van der Waals surface area contributed by atoms with Gasteiger partial charge in [0.1, 0.15) is 6.04 Å². The maximum Gasteiger partial charge on any atom is 0.416 e. The van der Waals surface area contributed by atoms with Gasteiger partial charge in [-0.15, -0.1) is 0 Å². The Hall–Kier alpha value is -4.08. The van der Waals surface area contributed by atoms with E-state index in [1.807, 2.05) is 24.3 Å². The van der Waals surface area contributed by atoms with Crippen molar-refractivity contribution in [3.8, 4) is 0 Å². The first-order chi connectivity index (χ1) is 16.2. The molecule has 0 saturated carbocycles. The van der Waals surface area contributed by atoms with Crippen molar-refractivity contribution in [3.63, 3.8) is 0 Å². The molecule has 0 spiro atoms. The van der Waals surface area contributed by atoms with Gasteiger partial charge in [-0.2, -0.15) is 13.2 Å². The van der Waals surface area contributed by atoms with Gasteiger partial charge in [-0.25, -0.2) is 4.79 Å². The molecular weight excluding hydrogens is 453 g/mol. The Morgan fingerprint density at radius 1 is 1.00 bits per heavy atom.